The molecule has 0 radical (unpaired) electrons. The highest BCUT2D eigenvalue weighted by Crippen LogP contribution is 2.11. The van der Waals surface area contributed by atoms with Crippen LogP contribution in [0, 0.1) is 5.92 Å². The molecule has 0 aromatic rings. The van der Waals surface area contributed by atoms with E-state index >= 15 is 0 Å². The fourth-order valence-electron chi connectivity index (χ4n) is 2.50. The Morgan fingerprint density at radius 1 is 1.10 bits per heavy atom. The molecule has 0 aromatic heterocycles. The summed E-state index contributed by atoms with van der Waals surface area (Å²) in [4.78, 5) is 24.4. The predicted molar refractivity (Wildman–Crippen MR) is 78.7 cm³/mol. The minimum absolute atomic E-state index is 0.0392. The molecule has 20 heavy (non-hydrogen) atoms. The van der Waals surface area contributed by atoms with Crippen LogP contribution < -0.4 is 5.32 Å². The van der Waals surface area contributed by atoms with E-state index in [-0.39, 0.29) is 12.5 Å². The van der Waals surface area contributed by atoms with Crippen LogP contribution in [0.5, 0.6) is 0 Å². The van der Waals surface area contributed by atoms with Gasteiger partial charge in [0.05, 0.1) is 0 Å². The molecule has 5 heteroatoms. The van der Waals surface area contributed by atoms with Crippen molar-refractivity contribution < 1.29 is 14.7 Å². The van der Waals surface area contributed by atoms with Crippen molar-refractivity contribution in [3.63, 3.8) is 0 Å². The molecule has 0 aromatic carbocycles. The Labute approximate surface area is 121 Å². The average molecular weight is 284 g/mol. The fourth-order valence-corrected chi connectivity index (χ4v) is 2.50. The molecule has 1 heterocycles. The Morgan fingerprint density at radius 3 is 2.30 bits per heavy atom. The van der Waals surface area contributed by atoms with Crippen molar-refractivity contribution in [3.8, 4) is 0 Å². The van der Waals surface area contributed by atoms with Crippen molar-refractivity contribution in [3.05, 3.63) is 0 Å². The Balaban J connectivity index is 2.16. The second-order valence-electron chi connectivity index (χ2n) is 5.81. The van der Waals surface area contributed by atoms with Crippen molar-refractivity contribution in [2.45, 2.75) is 58.3 Å². The van der Waals surface area contributed by atoms with Gasteiger partial charge in [0.2, 0.25) is 0 Å². The van der Waals surface area contributed by atoms with Gasteiger partial charge in [-0.25, -0.2) is 4.79 Å². The van der Waals surface area contributed by atoms with E-state index in [1.807, 2.05) is 11.8 Å². The number of carbonyl (C=O) groups excluding carboxylic acids is 1. The molecule has 0 spiro atoms. The largest absolute Gasteiger partial charge is 0.481 e. The van der Waals surface area contributed by atoms with Crippen molar-refractivity contribution in [1.82, 2.24) is 10.2 Å². The molecule has 5 nitrogen and oxygen atoms in total. The number of urea groups is 1. The van der Waals surface area contributed by atoms with E-state index in [9.17, 15) is 9.59 Å². The van der Waals surface area contributed by atoms with E-state index in [1.54, 1.807) is 0 Å². The molecule has 1 aliphatic rings. The number of carbonyl (C=O) groups is 2. The highest BCUT2D eigenvalue weighted by Gasteiger charge is 2.14. The fraction of sp³-hybridized carbons (Fsp3) is 0.867. The lowest BCUT2D eigenvalue weighted by atomic mass is 10.0. The van der Waals surface area contributed by atoms with Crippen LogP contribution in [0.1, 0.15) is 58.3 Å². The lowest BCUT2D eigenvalue weighted by Crippen LogP contribution is -2.42. The zero-order valence-corrected chi connectivity index (χ0v) is 12.6. The first-order valence-electron chi connectivity index (χ1n) is 7.84. The number of hydrogen-bond donors (Lipinski definition) is 2. The first-order chi connectivity index (χ1) is 9.59. The number of likely N-dealkylation sites (tertiary alicyclic amines) is 1. The molecule has 2 N–H and O–H groups in total. The number of amides is 2. The third kappa shape index (κ3) is 7.36. The van der Waals surface area contributed by atoms with Crippen LogP contribution >= 0.6 is 0 Å². The van der Waals surface area contributed by atoms with Gasteiger partial charge in [-0.3, -0.25) is 4.79 Å². The van der Waals surface area contributed by atoms with Crippen LogP contribution in [0.25, 0.3) is 0 Å². The average Bonchev–Trinajstić information content (AvgIpc) is 2.35. The molecule has 1 aliphatic heterocycles. The van der Waals surface area contributed by atoms with E-state index in [2.05, 4.69) is 5.32 Å². The number of nitrogens with zero attached hydrogens (tertiary/aromatic N) is 1. The first kappa shape index (κ1) is 16.8. The maximum atomic E-state index is 12.0. The Hall–Kier alpha value is -1.26. The monoisotopic (exact) mass is 284 g/mol. The van der Waals surface area contributed by atoms with Gasteiger partial charge >= 0.3 is 12.0 Å². The van der Waals surface area contributed by atoms with Gasteiger partial charge in [-0.05, 0) is 31.6 Å². The normalized spacial score (nSPS) is 17.9. The lowest BCUT2D eigenvalue weighted by Gasteiger charge is -2.25. The third-order valence-corrected chi connectivity index (χ3v) is 3.91. The Kier molecular flexibility index (Phi) is 8.07. The van der Waals surface area contributed by atoms with Gasteiger partial charge in [0.25, 0.3) is 0 Å². The summed E-state index contributed by atoms with van der Waals surface area (Å²) in [5, 5.41) is 11.6. The SMILES string of the molecule is CC(CCNC(=O)N1CCCCCCC1)CCC(=O)O. The van der Waals surface area contributed by atoms with Gasteiger partial charge in [0.15, 0.2) is 0 Å². The maximum Gasteiger partial charge on any atom is 0.317 e. The molecule has 1 unspecified atom stereocenters. The summed E-state index contributed by atoms with van der Waals surface area (Å²) in [6.45, 7) is 4.39. The van der Waals surface area contributed by atoms with E-state index in [1.165, 1.54) is 19.3 Å². The number of rotatable bonds is 6. The molecular formula is C15H28N2O3. The molecule has 2 amide bonds. The van der Waals surface area contributed by atoms with Gasteiger partial charge in [-0.1, -0.05) is 26.2 Å². The van der Waals surface area contributed by atoms with Gasteiger partial charge < -0.3 is 15.3 Å². The van der Waals surface area contributed by atoms with Crippen LogP contribution in [0.2, 0.25) is 0 Å². The van der Waals surface area contributed by atoms with Crippen molar-refractivity contribution in [2.75, 3.05) is 19.6 Å². The highest BCUT2D eigenvalue weighted by atomic mass is 16.4. The van der Waals surface area contributed by atoms with E-state index in [0.29, 0.717) is 18.9 Å². The number of nitrogens with one attached hydrogen (secondary N) is 1. The Bertz CT molecular complexity index is 299. The van der Waals surface area contributed by atoms with Crippen LogP contribution in [-0.4, -0.2) is 41.6 Å². The van der Waals surface area contributed by atoms with E-state index in [0.717, 1.165) is 32.4 Å². The quantitative estimate of drug-likeness (QED) is 0.788. The molecule has 0 bridgehead atoms. The van der Waals surface area contributed by atoms with Gasteiger partial charge in [0.1, 0.15) is 0 Å². The number of hydrogen-bond acceptors (Lipinski definition) is 2. The Morgan fingerprint density at radius 2 is 1.70 bits per heavy atom. The van der Waals surface area contributed by atoms with E-state index in [4.69, 9.17) is 5.11 Å². The second kappa shape index (κ2) is 9.61. The van der Waals surface area contributed by atoms with Crippen LogP contribution in [0.15, 0.2) is 0 Å². The standard InChI is InChI=1S/C15H28N2O3/c1-13(7-8-14(18)19)9-10-16-15(20)17-11-5-3-2-4-6-12-17/h13H,2-12H2,1H3,(H,16,20)(H,18,19). The zero-order chi connectivity index (χ0) is 14.8. The third-order valence-electron chi connectivity index (χ3n) is 3.91. The van der Waals surface area contributed by atoms with Crippen molar-refractivity contribution in [2.24, 2.45) is 5.92 Å². The molecule has 1 rings (SSSR count). The smallest absolute Gasteiger partial charge is 0.317 e. The molecule has 0 aliphatic carbocycles. The second-order valence-corrected chi connectivity index (χ2v) is 5.81. The molecule has 1 saturated heterocycles. The summed E-state index contributed by atoms with van der Waals surface area (Å²) in [6, 6.07) is 0.0392. The van der Waals surface area contributed by atoms with Crippen LogP contribution in [0.3, 0.4) is 0 Å². The summed E-state index contributed by atoms with van der Waals surface area (Å²) >= 11 is 0. The summed E-state index contributed by atoms with van der Waals surface area (Å²) in [7, 11) is 0. The number of aliphatic carboxylic acids is 1. The van der Waals surface area contributed by atoms with Crippen molar-refractivity contribution in [1.29, 1.82) is 0 Å². The maximum absolute atomic E-state index is 12.0. The van der Waals surface area contributed by atoms with E-state index < -0.39 is 5.97 Å². The molecular weight excluding hydrogens is 256 g/mol. The summed E-state index contributed by atoms with van der Waals surface area (Å²) < 4.78 is 0. The minimum atomic E-state index is -0.749. The lowest BCUT2D eigenvalue weighted by molar-refractivity contribution is -0.137. The zero-order valence-electron chi connectivity index (χ0n) is 12.6. The highest BCUT2D eigenvalue weighted by molar-refractivity contribution is 5.74. The number of carboxylic acids is 1. The first-order valence-corrected chi connectivity index (χ1v) is 7.84. The van der Waals surface area contributed by atoms with Crippen LogP contribution in [-0.2, 0) is 4.79 Å². The molecule has 1 atom stereocenters. The summed E-state index contributed by atoms with van der Waals surface area (Å²) in [6.07, 6.45) is 7.65. The van der Waals surface area contributed by atoms with Crippen LogP contribution in [0.4, 0.5) is 4.79 Å². The van der Waals surface area contributed by atoms with Gasteiger partial charge in [0, 0.05) is 26.1 Å². The summed E-state index contributed by atoms with van der Waals surface area (Å²) in [5.74, 6) is -0.416. The number of carboxylic acid groups (broad SMARTS) is 1. The summed E-state index contributed by atoms with van der Waals surface area (Å²) in [5.41, 5.74) is 0. The predicted octanol–water partition coefficient (Wildman–Crippen LogP) is 2.85. The topological polar surface area (TPSA) is 69.6 Å². The minimum Gasteiger partial charge on any atom is -0.481 e. The molecule has 0 saturated carbocycles. The van der Waals surface area contributed by atoms with Crippen molar-refractivity contribution >= 4 is 12.0 Å². The van der Waals surface area contributed by atoms with Gasteiger partial charge in [-0.15, -0.1) is 0 Å². The molecule has 116 valence electrons. The van der Waals surface area contributed by atoms with Gasteiger partial charge in [-0.2, -0.15) is 0 Å². The molecule has 1 fully saturated rings.